The van der Waals surface area contributed by atoms with Gasteiger partial charge in [-0.1, -0.05) is 60.7 Å². The topological polar surface area (TPSA) is 46.5 Å². The highest BCUT2D eigenvalue weighted by molar-refractivity contribution is 5.78. The van der Waals surface area contributed by atoms with Gasteiger partial charge in [0.25, 0.3) is 0 Å². The quantitative estimate of drug-likeness (QED) is 0.836. The molecule has 98 valence electrons. The van der Waals surface area contributed by atoms with Crippen LogP contribution in [0.3, 0.4) is 0 Å². The first-order valence-corrected chi connectivity index (χ1v) is 6.17. The highest BCUT2D eigenvalue weighted by atomic mass is 16.5. The van der Waals surface area contributed by atoms with Crippen LogP contribution in [0.25, 0.3) is 0 Å². The summed E-state index contributed by atoms with van der Waals surface area (Å²) >= 11 is 0. The van der Waals surface area contributed by atoms with Gasteiger partial charge in [-0.25, -0.2) is 0 Å². The van der Waals surface area contributed by atoms with Crippen LogP contribution in [0.1, 0.15) is 17.0 Å². The number of ether oxygens (including phenoxy) is 1. The van der Waals surface area contributed by atoms with Gasteiger partial charge in [-0.15, -0.1) is 0 Å². The highest BCUT2D eigenvalue weighted by Crippen LogP contribution is 2.17. The first-order chi connectivity index (χ1) is 9.31. The van der Waals surface area contributed by atoms with E-state index in [0.717, 1.165) is 11.1 Å². The zero-order chi connectivity index (χ0) is 13.5. The molecule has 3 heteroatoms. The third kappa shape index (κ3) is 3.66. The molecule has 2 aromatic rings. The number of hydrogen-bond donors (Lipinski definition) is 1. The van der Waals surface area contributed by atoms with Crippen LogP contribution in [0.4, 0.5) is 0 Å². The molecule has 0 fully saturated rings. The summed E-state index contributed by atoms with van der Waals surface area (Å²) < 4.78 is 5.24. The van der Waals surface area contributed by atoms with Crippen molar-refractivity contribution in [1.29, 1.82) is 0 Å². The molecule has 0 aromatic heterocycles. The monoisotopic (exact) mass is 256 g/mol. The van der Waals surface area contributed by atoms with E-state index in [-0.39, 0.29) is 13.2 Å². The van der Waals surface area contributed by atoms with E-state index in [0.29, 0.717) is 0 Å². The van der Waals surface area contributed by atoms with Crippen LogP contribution in [0.2, 0.25) is 0 Å². The lowest BCUT2D eigenvalue weighted by Crippen LogP contribution is -2.19. The molecule has 2 aromatic carbocycles. The van der Waals surface area contributed by atoms with Gasteiger partial charge >= 0.3 is 5.97 Å². The van der Waals surface area contributed by atoms with Gasteiger partial charge in [0.1, 0.15) is 12.5 Å². The van der Waals surface area contributed by atoms with Crippen LogP contribution >= 0.6 is 0 Å². The Kier molecular flexibility index (Phi) is 4.70. The van der Waals surface area contributed by atoms with E-state index in [1.165, 1.54) is 0 Å². The summed E-state index contributed by atoms with van der Waals surface area (Å²) in [7, 11) is 0. The first kappa shape index (κ1) is 13.3. The minimum atomic E-state index is -0.620. The maximum Gasteiger partial charge on any atom is 0.316 e. The standard InChI is InChI=1S/C16H16O3/c17-11-15(14-9-5-2-6-10-14)16(18)19-12-13-7-3-1-4-8-13/h1-10,15,17H,11-12H2/t15-/m0/s1. The molecule has 0 aliphatic carbocycles. The maximum atomic E-state index is 12.0. The molecule has 0 unspecified atom stereocenters. The third-order valence-corrected chi connectivity index (χ3v) is 2.89. The number of aliphatic hydroxyl groups excluding tert-OH is 1. The summed E-state index contributed by atoms with van der Waals surface area (Å²) in [5.41, 5.74) is 1.70. The van der Waals surface area contributed by atoms with Gasteiger partial charge in [-0.3, -0.25) is 4.79 Å². The van der Waals surface area contributed by atoms with Crippen LogP contribution in [-0.4, -0.2) is 17.7 Å². The van der Waals surface area contributed by atoms with Crippen molar-refractivity contribution in [3.63, 3.8) is 0 Å². The van der Waals surface area contributed by atoms with Crippen molar-refractivity contribution in [3.8, 4) is 0 Å². The van der Waals surface area contributed by atoms with Crippen molar-refractivity contribution in [2.45, 2.75) is 12.5 Å². The zero-order valence-corrected chi connectivity index (χ0v) is 10.5. The third-order valence-electron chi connectivity index (χ3n) is 2.89. The summed E-state index contributed by atoms with van der Waals surface area (Å²) in [6, 6.07) is 18.6. The second-order valence-corrected chi connectivity index (χ2v) is 4.24. The Morgan fingerprint density at radius 1 is 1.00 bits per heavy atom. The van der Waals surface area contributed by atoms with Crippen molar-refractivity contribution in [2.24, 2.45) is 0 Å². The van der Waals surface area contributed by atoms with Crippen molar-refractivity contribution in [3.05, 3.63) is 71.8 Å². The molecule has 0 bridgehead atoms. The first-order valence-electron chi connectivity index (χ1n) is 6.17. The van der Waals surface area contributed by atoms with Crippen LogP contribution in [0.5, 0.6) is 0 Å². The van der Waals surface area contributed by atoms with Gasteiger partial charge in [-0.05, 0) is 11.1 Å². The minimum Gasteiger partial charge on any atom is -0.460 e. The molecule has 0 saturated carbocycles. The molecule has 2 rings (SSSR count). The Hall–Kier alpha value is -2.13. The molecular formula is C16H16O3. The Morgan fingerprint density at radius 2 is 1.58 bits per heavy atom. The largest absolute Gasteiger partial charge is 0.460 e. The van der Waals surface area contributed by atoms with E-state index >= 15 is 0 Å². The Labute approximate surface area is 112 Å². The molecule has 0 amide bonds. The van der Waals surface area contributed by atoms with E-state index in [1.54, 1.807) is 0 Å². The predicted octanol–water partition coefficient (Wildman–Crippen LogP) is 2.51. The summed E-state index contributed by atoms with van der Waals surface area (Å²) in [6.45, 7) is -0.0271. The van der Waals surface area contributed by atoms with Crippen molar-refractivity contribution in [1.82, 2.24) is 0 Å². The molecule has 3 nitrogen and oxygen atoms in total. The van der Waals surface area contributed by atoms with Crippen molar-refractivity contribution in [2.75, 3.05) is 6.61 Å². The number of hydrogen-bond acceptors (Lipinski definition) is 3. The normalized spacial score (nSPS) is 11.8. The summed E-state index contributed by atoms with van der Waals surface area (Å²) in [4.78, 5) is 12.0. The molecule has 0 aliphatic heterocycles. The average Bonchev–Trinajstić information content (AvgIpc) is 2.48. The van der Waals surface area contributed by atoms with Crippen LogP contribution in [0, 0.1) is 0 Å². The number of aliphatic hydroxyl groups is 1. The van der Waals surface area contributed by atoms with E-state index in [4.69, 9.17) is 4.74 Å². The number of benzene rings is 2. The van der Waals surface area contributed by atoms with Crippen molar-refractivity contribution >= 4 is 5.97 Å². The lowest BCUT2D eigenvalue weighted by Gasteiger charge is -2.13. The van der Waals surface area contributed by atoms with Gasteiger partial charge in [0.2, 0.25) is 0 Å². The lowest BCUT2D eigenvalue weighted by atomic mass is 10.0. The Morgan fingerprint density at radius 3 is 2.16 bits per heavy atom. The van der Waals surface area contributed by atoms with E-state index in [2.05, 4.69) is 0 Å². The SMILES string of the molecule is O=C(OCc1ccccc1)[C@@H](CO)c1ccccc1. The van der Waals surface area contributed by atoms with E-state index in [9.17, 15) is 9.90 Å². The van der Waals surface area contributed by atoms with Crippen LogP contribution in [-0.2, 0) is 16.1 Å². The summed E-state index contributed by atoms with van der Waals surface area (Å²) in [6.07, 6.45) is 0. The predicted molar refractivity (Wildman–Crippen MR) is 72.5 cm³/mol. The molecule has 0 spiro atoms. The summed E-state index contributed by atoms with van der Waals surface area (Å²) in [5, 5.41) is 9.35. The Bertz CT molecular complexity index is 508. The second-order valence-electron chi connectivity index (χ2n) is 4.24. The summed E-state index contributed by atoms with van der Waals surface area (Å²) in [5.74, 6) is -1.03. The molecule has 1 atom stereocenters. The van der Waals surface area contributed by atoms with Crippen molar-refractivity contribution < 1.29 is 14.6 Å². The molecule has 0 saturated heterocycles. The molecule has 1 N–H and O–H groups in total. The number of rotatable bonds is 5. The number of carbonyl (C=O) groups is 1. The minimum absolute atomic E-state index is 0.225. The Balaban J connectivity index is 1.98. The zero-order valence-electron chi connectivity index (χ0n) is 10.5. The number of esters is 1. The van der Waals surface area contributed by atoms with Crippen LogP contribution < -0.4 is 0 Å². The maximum absolute atomic E-state index is 12.0. The average molecular weight is 256 g/mol. The highest BCUT2D eigenvalue weighted by Gasteiger charge is 2.20. The lowest BCUT2D eigenvalue weighted by molar-refractivity contribution is -0.147. The van der Waals surface area contributed by atoms with E-state index in [1.807, 2.05) is 60.7 Å². The molecule has 0 heterocycles. The van der Waals surface area contributed by atoms with Gasteiger partial charge < -0.3 is 9.84 Å². The molecule has 0 aliphatic rings. The smallest absolute Gasteiger partial charge is 0.316 e. The fourth-order valence-corrected chi connectivity index (χ4v) is 1.83. The number of carbonyl (C=O) groups excluding carboxylic acids is 1. The fourth-order valence-electron chi connectivity index (χ4n) is 1.83. The molecule has 19 heavy (non-hydrogen) atoms. The fraction of sp³-hybridized carbons (Fsp3) is 0.188. The molecule has 0 radical (unpaired) electrons. The van der Waals surface area contributed by atoms with Crippen LogP contribution in [0.15, 0.2) is 60.7 Å². The van der Waals surface area contributed by atoms with Gasteiger partial charge in [0.15, 0.2) is 0 Å². The van der Waals surface area contributed by atoms with E-state index < -0.39 is 11.9 Å². The van der Waals surface area contributed by atoms with Gasteiger partial charge in [0.05, 0.1) is 6.61 Å². The van der Waals surface area contributed by atoms with Gasteiger partial charge in [0, 0.05) is 0 Å². The second kappa shape index (κ2) is 6.71. The molecular weight excluding hydrogens is 240 g/mol. The van der Waals surface area contributed by atoms with Gasteiger partial charge in [-0.2, -0.15) is 0 Å².